The van der Waals surface area contributed by atoms with Gasteiger partial charge in [-0.05, 0) is 66.9 Å². The topological polar surface area (TPSA) is 98.8 Å². The Morgan fingerprint density at radius 1 is 0.909 bits per heavy atom. The number of carbonyl (C=O) groups excluding carboxylic acids is 4. The van der Waals surface area contributed by atoms with E-state index in [1.165, 1.54) is 42.5 Å². The minimum absolute atomic E-state index is 0.171. The molecule has 0 aliphatic carbocycles. The lowest BCUT2D eigenvalue weighted by Crippen LogP contribution is -2.59. The van der Waals surface area contributed by atoms with Crippen LogP contribution < -0.4 is 20.4 Å². The molecule has 0 unspecified atom stereocenters. The Morgan fingerprint density at radius 2 is 1.55 bits per heavy atom. The maximum absolute atomic E-state index is 14.3. The van der Waals surface area contributed by atoms with E-state index in [0.29, 0.717) is 10.7 Å². The van der Waals surface area contributed by atoms with Gasteiger partial charge in [0.1, 0.15) is 17.3 Å². The van der Waals surface area contributed by atoms with Crippen molar-refractivity contribution in [2.75, 3.05) is 9.80 Å². The normalized spacial score (nSPS) is 20.3. The van der Waals surface area contributed by atoms with Crippen LogP contribution in [0.5, 0.6) is 0 Å². The number of hydrogen-bond donors (Lipinski definition) is 2. The fourth-order valence-corrected chi connectivity index (χ4v) is 3.96. The van der Waals surface area contributed by atoms with Gasteiger partial charge in [-0.25, -0.2) is 9.29 Å². The predicted molar refractivity (Wildman–Crippen MR) is 126 cm³/mol. The Bertz CT molecular complexity index is 1280. The molecule has 2 saturated heterocycles. The third-order valence-corrected chi connectivity index (χ3v) is 5.64. The first kappa shape index (κ1) is 22.6. The van der Waals surface area contributed by atoms with Crippen molar-refractivity contribution in [3.05, 3.63) is 71.0 Å². The summed E-state index contributed by atoms with van der Waals surface area (Å²) in [5, 5.41) is 4.57. The highest BCUT2D eigenvalue weighted by atomic mass is 35.5. The molecule has 1 atom stereocenters. The number of benzene rings is 2. The number of rotatable bonds is 3. The summed E-state index contributed by atoms with van der Waals surface area (Å²) in [6.07, 6.45) is 0.912. The largest absolute Gasteiger partial charge is 0.301 e. The molecule has 4 rings (SSSR count). The fraction of sp³-hybridized carbons (Fsp3) is 0.0476. The van der Waals surface area contributed by atoms with E-state index < -0.39 is 40.9 Å². The highest BCUT2D eigenvalue weighted by Crippen LogP contribution is 2.27. The van der Waals surface area contributed by atoms with Crippen molar-refractivity contribution in [3.63, 3.8) is 0 Å². The zero-order valence-corrected chi connectivity index (χ0v) is 18.8. The number of hydrogen-bond acceptors (Lipinski definition) is 6. The lowest BCUT2D eigenvalue weighted by atomic mass is 9.98. The highest BCUT2D eigenvalue weighted by Gasteiger charge is 2.42. The van der Waals surface area contributed by atoms with Gasteiger partial charge in [-0.3, -0.25) is 29.4 Å². The van der Waals surface area contributed by atoms with Crippen molar-refractivity contribution < 1.29 is 23.6 Å². The zero-order chi connectivity index (χ0) is 23.9. The van der Waals surface area contributed by atoms with E-state index in [-0.39, 0.29) is 15.9 Å². The molecule has 0 radical (unpaired) electrons. The summed E-state index contributed by atoms with van der Waals surface area (Å²) in [6, 6.07) is 11.4. The van der Waals surface area contributed by atoms with Crippen LogP contribution in [0.3, 0.4) is 0 Å². The van der Waals surface area contributed by atoms with Gasteiger partial charge >= 0.3 is 0 Å². The summed E-state index contributed by atoms with van der Waals surface area (Å²) in [5.41, 5.74) is -0.419. The standard InChI is InChI=1S/C21H12ClFN4O4S2/c22-10-5-7-11(8-6-10)26-18(30)12(16(28)24-20(26)32)9-13-17(29)25-21(33)27(19(13)31)15-4-2-1-3-14(15)23/h1-9,12H,(H,24,28,32)(H,25,29,33)/b13-9+/t12-/m1/s1. The van der Waals surface area contributed by atoms with E-state index >= 15 is 0 Å². The molecule has 2 fully saturated rings. The lowest BCUT2D eigenvalue weighted by molar-refractivity contribution is -0.131. The van der Waals surface area contributed by atoms with Gasteiger partial charge in [0.25, 0.3) is 11.8 Å². The first-order valence-electron chi connectivity index (χ1n) is 9.29. The Morgan fingerprint density at radius 3 is 2.21 bits per heavy atom. The van der Waals surface area contributed by atoms with Crippen LogP contribution in [0.1, 0.15) is 0 Å². The minimum Gasteiger partial charge on any atom is -0.301 e. The van der Waals surface area contributed by atoms with Gasteiger partial charge in [0, 0.05) is 5.02 Å². The summed E-state index contributed by atoms with van der Waals surface area (Å²) in [7, 11) is 0. The third kappa shape index (κ3) is 4.13. The Hall–Kier alpha value is -3.54. The van der Waals surface area contributed by atoms with Crippen LogP contribution in [0.4, 0.5) is 15.8 Å². The van der Waals surface area contributed by atoms with Crippen LogP contribution in [0.25, 0.3) is 0 Å². The quantitative estimate of drug-likeness (QED) is 0.289. The van der Waals surface area contributed by atoms with E-state index in [1.807, 2.05) is 0 Å². The summed E-state index contributed by atoms with van der Waals surface area (Å²) in [5.74, 6) is -5.84. The Labute approximate surface area is 202 Å². The van der Waals surface area contributed by atoms with Gasteiger partial charge in [0.15, 0.2) is 10.2 Å². The molecular weight excluding hydrogens is 491 g/mol. The molecular formula is C21H12ClFN4O4S2. The molecule has 4 amide bonds. The number of nitrogens with one attached hydrogen (secondary N) is 2. The molecule has 2 aromatic rings. The number of para-hydroxylation sites is 1. The molecule has 2 aliphatic rings. The molecule has 0 aromatic heterocycles. The maximum Gasteiger partial charge on any atom is 0.270 e. The van der Waals surface area contributed by atoms with Crippen molar-refractivity contribution in [1.82, 2.24) is 10.6 Å². The van der Waals surface area contributed by atoms with Gasteiger partial charge in [-0.2, -0.15) is 0 Å². The Kier molecular flexibility index (Phi) is 6.02. The highest BCUT2D eigenvalue weighted by molar-refractivity contribution is 7.80. The van der Waals surface area contributed by atoms with Gasteiger partial charge in [-0.1, -0.05) is 23.7 Å². The van der Waals surface area contributed by atoms with Crippen LogP contribution in [0.2, 0.25) is 5.02 Å². The maximum atomic E-state index is 14.3. The molecule has 8 nitrogen and oxygen atoms in total. The van der Waals surface area contributed by atoms with Crippen LogP contribution in [0, 0.1) is 11.7 Å². The Balaban J connectivity index is 1.72. The summed E-state index contributed by atoms with van der Waals surface area (Å²) in [6.45, 7) is 0. The first-order valence-corrected chi connectivity index (χ1v) is 10.5. The SMILES string of the molecule is O=C1NC(=S)N(c2ccccc2F)C(=O)/C1=C/[C@@H]1C(=O)NC(=S)N(c2ccc(Cl)cc2)C1=O. The van der Waals surface area contributed by atoms with E-state index in [2.05, 4.69) is 10.6 Å². The van der Waals surface area contributed by atoms with Crippen molar-refractivity contribution in [2.45, 2.75) is 0 Å². The zero-order valence-electron chi connectivity index (χ0n) is 16.4. The van der Waals surface area contributed by atoms with Crippen molar-refractivity contribution in [1.29, 1.82) is 0 Å². The number of amides is 4. The molecule has 0 spiro atoms. The van der Waals surface area contributed by atoms with E-state index in [4.69, 9.17) is 36.0 Å². The van der Waals surface area contributed by atoms with Crippen molar-refractivity contribution in [2.24, 2.45) is 5.92 Å². The molecule has 33 heavy (non-hydrogen) atoms. The van der Waals surface area contributed by atoms with E-state index in [9.17, 15) is 23.6 Å². The third-order valence-electron chi connectivity index (χ3n) is 4.82. The summed E-state index contributed by atoms with van der Waals surface area (Å²) < 4.78 is 14.3. The van der Waals surface area contributed by atoms with Crippen molar-refractivity contribution >= 4 is 81.3 Å². The van der Waals surface area contributed by atoms with Crippen LogP contribution >= 0.6 is 36.0 Å². The summed E-state index contributed by atoms with van der Waals surface area (Å²) in [4.78, 5) is 53.1. The number of thiocarbonyl (C=S) groups is 2. The molecule has 2 aliphatic heterocycles. The average Bonchev–Trinajstić information content (AvgIpc) is 2.75. The molecule has 2 aromatic carbocycles. The second-order valence-electron chi connectivity index (χ2n) is 6.85. The lowest BCUT2D eigenvalue weighted by Gasteiger charge is -2.33. The van der Waals surface area contributed by atoms with Gasteiger partial charge in [0.2, 0.25) is 11.8 Å². The van der Waals surface area contributed by atoms with Gasteiger partial charge in [0.05, 0.1) is 11.4 Å². The smallest absolute Gasteiger partial charge is 0.270 e. The van der Waals surface area contributed by atoms with Gasteiger partial charge < -0.3 is 5.32 Å². The molecule has 12 heteroatoms. The second kappa shape index (κ2) is 8.77. The van der Waals surface area contributed by atoms with Gasteiger partial charge in [-0.15, -0.1) is 0 Å². The number of nitrogens with zero attached hydrogens (tertiary/aromatic N) is 2. The van der Waals surface area contributed by atoms with Crippen LogP contribution in [-0.2, 0) is 19.2 Å². The van der Waals surface area contributed by atoms with Crippen molar-refractivity contribution in [3.8, 4) is 0 Å². The van der Waals surface area contributed by atoms with Crippen LogP contribution in [-0.4, -0.2) is 33.9 Å². The van der Waals surface area contributed by atoms with E-state index in [1.54, 1.807) is 0 Å². The number of carbonyl (C=O) groups is 4. The molecule has 0 bridgehead atoms. The molecule has 2 heterocycles. The molecule has 0 saturated carbocycles. The van der Waals surface area contributed by atoms with Crippen LogP contribution in [0.15, 0.2) is 60.2 Å². The first-order chi connectivity index (χ1) is 15.7. The fourth-order valence-electron chi connectivity index (χ4n) is 3.27. The molecule has 2 N–H and O–H groups in total. The number of halogens is 2. The average molecular weight is 503 g/mol. The summed E-state index contributed by atoms with van der Waals surface area (Å²) >= 11 is 16.0. The molecule has 166 valence electrons. The predicted octanol–water partition coefficient (Wildman–Crippen LogP) is 2.22. The number of anilines is 2. The monoisotopic (exact) mass is 502 g/mol. The minimum atomic E-state index is -1.56. The van der Waals surface area contributed by atoms with E-state index in [0.717, 1.165) is 21.9 Å². The second-order valence-corrected chi connectivity index (χ2v) is 8.06.